The molecule has 1 aromatic rings. The third kappa shape index (κ3) is 5.59. The van der Waals surface area contributed by atoms with Gasteiger partial charge in [0.25, 0.3) is 0 Å². The van der Waals surface area contributed by atoms with Gasteiger partial charge in [-0.2, -0.15) is 0 Å². The Morgan fingerprint density at radius 1 is 1.15 bits per heavy atom. The molecule has 3 nitrogen and oxygen atoms in total. The van der Waals surface area contributed by atoms with Crippen molar-refractivity contribution in [2.24, 2.45) is 0 Å². The summed E-state index contributed by atoms with van der Waals surface area (Å²) >= 11 is 5.84. The van der Waals surface area contributed by atoms with Crippen molar-refractivity contribution in [2.45, 2.75) is 39.2 Å². The van der Waals surface area contributed by atoms with Gasteiger partial charge < -0.3 is 14.8 Å². The first-order valence-corrected chi connectivity index (χ1v) is 7.84. The zero-order valence-electron chi connectivity index (χ0n) is 12.7. The first kappa shape index (κ1) is 17.1. The summed E-state index contributed by atoms with van der Waals surface area (Å²) in [5.41, 5.74) is 0.0878. The van der Waals surface area contributed by atoms with Gasteiger partial charge in [-0.3, -0.25) is 0 Å². The van der Waals surface area contributed by atoms with Gasteiger partial charge in [0.1, 0.15) is 6.61 Å². The Bertz CT molecular complexity index is 386. The fraction of sp³-hybridized carbons (Fsp3) is 0.625. The van der Waals surface area contributed by atoms with Crippen LogP contribution in [-0.2, 0) is 0 Å². The van der Waals surface area contributed by atoms with E-state index in [-0.39, 0.29) is 5.54 Å². The van der Waals surface area contributed by atoms with Crippen molar-refractivity contribution in [3.05, 3.63) is 24.3 Å². The van der Waals surface area contributed by atoms with E-state index in [1.54, 1.807) is 0 Å². The van der Waals surface area contributed by atoms with E-state index in [0.717, 1.165) is 30.9 Å². The van der Waals surface area contributed by atoms with Crippen molar-refractivity contribution in [3.8, 4) is 11.5 Å². The monoisotopic (exact) mass is 299 g/mol. The number of alkyl halides is 1. The Morgan fingerprint density at radius 2 is 1.80 bits per heavy atom. The molecular weight excluding hydrogens is 274 g/mol. The lowest BCUT2D eigenvalue weighted by Crippen LogP contribution is -2.44. The number of nitrogens with one attached hydrogen (secondary N) is 1. The molecule has 1 rings (SSSR count). The summed E-state index contributed by atoms with van der Waals surface area (Å²) in [6.45, 7) is 8.39. The minimum absolute atomic E-state index is 0.0878. The number of halogens is 1. The summed E-state index contributed by atoms with van der Waals surface area (Å²) < 4.78 is 11.3. The van der Waals surface area contributed by atoms with E-state index in [1.807, 2.05) is 31.2 Å². The second kappa shape index (κ2) is 9.09. The molecule has 0 saturated heterocycles. The van der Waals surface area contributed by atoms with E-state index < -0.39 is 0 Å². The van der Waals surface area contributed by atoms with Crippen molar-refractivity contribution in [3.63, 3.8) is 0 Å². The third-order valence-electron chi connectivity index (χ3n) is 3.49. The number of rotatable bonds is 10. The molecule has 0 amide bonds. The van der Waals surface area contributed by atoms with Crippen LogP contribution in [0.1, 0.15) is 33.6 Å². The molecule has 1 atom stereocenters. The SMILES string of the molecule is CCOc1ccccc1OCCNC(C)(CC)CCCl. The Morgan fingerprint density at radius 3 is 2.35 bits per heavy atom. The Kier molecular flexibility index (Phi) is 7.78. The lowest BCUT2D eigenvalue weighted by atomic mass is 9.95. The molecule has 0 fully saturated rings. The molecule has 114 valence electrons. The maximum Gasteiger partial charge on any atom is 0.161 e. The molecule has 1 N–H and O–H groups in total. The summed E-state index contributed by atoms with van der Waals surface area (Å²) in [7, 11) is 0. The first-order chi connectivity index (χ1) is 9.65. The summed E-state index contributed by atoms with van der Waals surface area (Å²) in [4.78, 5) is 0. The van der Waals surface area contributed by atoms with Crippen LogP contribution < -0.4 is 14.8 Å². The van der Waals surface area contributed by atoms with Crippen molar-refractivity contribution >= 4 is 11.6 Å². The fourth-order valence-electron chi connectivity index (χ4n) is 1.96. The largest absolute Gasteiger partial charge is 0.490 e. The van der Waals surface area contributed by atoms with Crippen LogP contribution in [0.3, 0.4) is 0 Å². The predicted octanol–water partition coefficient (Wildman–Crippen LogP) is 3.85. The molecule has 1 aromatic carbocycles. The van der Waals surface area contributed by atoms with Crippen LogP contribution in [0.25, 0.3) is 0 Å². The van der Waals surface area contributed by atoms with Crippen molar-refractivity contribution < 1.29 is 9.47 Å². The fourth-order valence-corrected chi connectivity index (χ4v) is 2.37. The highest BCUT2D eigenvalue weighted by atomic mass is 35.5. The standard InChI is InChI=1S/C16H26ClNO2/c1-4-16(3,10-11-17)18-12-13-20-15-9-7-6-8-14(15)19-5-2/h6-9,18H,4-5,10-13H2,1-3H3. The summed E-state index contributed by atoms with van der Waals surface area (Å²) in [6.07, 6.45) is 2.01. The summed E-state index contributed by atoms with van der Waals surface area (Å²) in [5, 5.41) is 3.52. The van der Waals surface area contributed by atoms with Gasteiger partial charge in [0, 0.05) is 18.0 Å². The topological polar surface area (TPSA) is 30.5 Å². The van der Waals surface area contributed by atoms with Crippen LogP contribution in [0.15, 0.2) is 24.3 Å². The molecule has 4 heteroatoms. The molecule has 0 aliphatic rings. The molecule has 0 radical (unpaired) electrons. The van der Waals surface area contributed by atoms with E-state index in [4.69, 9.17) is 21.1 Å². The van der Waals surface area contributed by atoms with E-state index in [0.29, 0.717) is 19.1 Å². The normalized spacial score (nSPS) is 13.8. The minimum atomic E-state index is 0.0878. The Balaban J connectivity index is 2.41. The average molecular weight is 300 g/mol. The second-order valence-corrected chi connectivity index (χ2v) is 5.39. The quantitative estimate of drug-likeness (QED) is 0.526. The molecule has 0 aliphatic heterocycles. The zero-order valence-corrected chi connectivity index (χ0v) is 13.5. The smallest absolute Gasteiger partial charge is 0.161 e. The highest BCUT2D eigenvalue weighted by Gasteiger charge is 2.19. The van der Waals surface area contributed by atoms with Crippen LogP contribution in [0, 0.1) is 0 Å². The average Bonchev–Trinajstić information content (AvgIpc) is 2.46. The van der Waals surface area contributed by atoms with Gasteiger partial charge in [-0.05, 0) is 38.8 Å². The number of para-hydroxylation sites is 2. The minimum Gasteiger partial charge on any atom is -0.490 e. The maximum atomic E-state index is 5.84. The van der Waals surface area contributed by atoms with Crippen LogP contribution in [-0.4, -0.2) is 31.2 Å². The van der Waals surface area contributed by atoms with Gasteiger partial charge in [-0.15, -0.1) is 11.6 Å². The highest BCUT2D eigenvalue weighted by Crippen LogP contribution is 2.26. The Hall–Kier alpha value is -0.930. The summed E-state index contributed by atoms with van der Waals surface area (Å²) in [5.74, 6) is 2.27. The van der Waals surface area contributed by atoms with Gasteiger partial charge in [-0.25, -0.2) is 0 Å². The number of hydrogen-bond donors (Lipinski definition) is 1. The molecule has 0 spiro atoms. The van der Waals surface area contributed by atoms with Gasteiger partial charge >= 0.3 is 0 Å². The van der Waals surface area contributed by atoms with Crippen LogP contribution in [0.5, 0.6) is 11.5 Å². The number of hydrogen-bond acceptors (Lipinski definition) is 3. The van der Waals surface area contributed by atoms with E-state index >= 15 is 0 Å². The molecule has 0 saturated carbocycles. The van der Waals surface area contributed by atoms with Gasteiger partial charge in [0.05, 0.1) is 6.61 Å². The van der Waals surface area contributed by atoms with E-state index in [1.165, 1.54) is 0 Å². The second-order valence-electron chi connectivity index (χ2n) is 5.01. The first-order valence-electron chi connectivity index (χ1n) is 7.31. The Labute approximate surface area is 127 Å². The number of ether oxygens (including phenoxy) is 2. The molecule has 1 unspecified atom stereocenters. The molecule has 0 bridgehead atoms. The predicted molar refractivity (Wildman–Crippen MR) is 85.1 cm³/mol. The summed E-state index contributed by atoms with van der Waals surface area (Å²) in [6, 6.07) is 7.76. The van der Waals surface area contributed by atoms with Gasteiger partial charge in [0.2, 0.25) is 0 Å². The van der Waals surface area contributed by atoms with E-state index in [9.17, 15) is 0 Å². The molecular formula is C16H26ClNO2. The molecule has 0 aliphatic carbocycles. The van der Waals surface area contributed by atoms with Crippen molar-refractivity contribution in [2.75, 3.05) is 25.6 Å². The van der Waals surface area contributed by atoms with Crippen LogP contribution >= 0.6 is 11.6 Å². The van der Waals surface area contributed by atoms with Crippen molar-refractivity contribution in [1.82, 2.24) is 5.32 Å². The third-order valence-corrected chi connectivity index (χ3v) is 3.68. The maximum absolute atomic E-state index is 5.84. The van der Waals surface area contributed by atoms with Gasteiger partial charge in [-0.1, -0.05) is 19.1 Å². The van der Waals surface area contributed by atoms with Crippen molar-refractivity contribution in [1.29, 1.82) is 0 Å². The lowest BCUT2D eigenvalue weighted by Gasteiger charge is -2.29. The molecule has 0 heterocycles. The highest BCUT2D eigenvalue weighted by molar-refractivity contribution is 6.17. The van der Waals surface area contributed by atoms with Crippen LogP contribution in [0.4, 0.5) is 0 Å². The number of benzene rings is 1. The van der Waals surface area contributed by atoms with Crippen LogP contribution in [0.2, 0.25) is 0 Å². The van der Waals surface area contributed by atoms with Gasteiger partial charge in [0.15, 0.2) is 11.5 Å². The van der Waals surface area contributed by atoms with E-state index in [2.05, 4.69) is 19.2 Å². The molecule has 20 heavy (non-hydrogen) atoms. The lowest BCUT2D eigenvalue weighted by molar-refractivity contribution is 0.251. The zero-order chi connectivity index (χ0) is 14.8. The molecule has 0 aromatic heterocycles.